The zero-order chi connectivity index (χ0) is 17.2. The van der Waals surface area contributed by atoms with Crippen LogP contribution in [0.4, 0.5) is 4.79 Å². The number of nitrogens with one attached hydrogen (secondary N) is 1. The number of aldehydes is 1. The van der Waals surface area contributed by atoms with Gasteiger partial charge in [0.15, 0.2) is 0 Å². The summed E-state index contributed by atoms with van der Waals surface area (Å²) < 4.78 is 0. The molecule has 1 N–H and O–H groups in total. The summed E-state index contributed by atoms with van der Waals surface area (Å²) in [5, 5.41) is 2.38. The first kappa shape index (κ1) is 18.1. The Balaban J connectivity index is 2.81. The van der Waals surface area contributed by atoms with Crippen molar-refractivity contribution >= 4 is 30.2 Å². The lowest BCUT2D eigenvalue weighted by Crippen LogP contribution is -2.47. The minimum Gasteiger partial charge on any atom is -0.358 e. The molecule has 0 aromatic heterocycles. The van der Waals surface area contributed by atoms with Gasteiger partial charge in [0.1, 0.15) is 12.8 Å². The highest BCUT2D eigenvalue weighted by Crippen LogP contribution is 2.04. The molecule has 122 valence electrons. The standard InChI is InChI=1S/C16H19N3O4/c1-17-14(21)12-18(2)16(23)19(10-11-20)15(22)9-8-13-6-4-3-5-7-13/h3-9,11H,10,12H2,1-2H3,(H,17,21)/b9-8+. The number of carbonyl (C=O) groups excluding carboxylic acids is 4. The van der Waals surface area contributed by atoms with E-state index in [4.69, 9.17) is 0 Å². The molecule has 0 heterocycles. The van der Waals surface area contributed by atoms with Crippen molar-refractivity contribution in [3.63, 3.8) is 0 Å². The number of imide groups is 1. The summed E-state index contributed by atoms with van der Waals surface area (Å²) in [6.07, 6.45) is 3.22. The minimum absolute atomic E-state index is 0.208. The van der Waals surface area contributed by atoms with Gasteiger partial charge in [-0.15, -0.1) is 0 Å². The lowest BCUT2D eigenvalue weighted by Gasteiger charge is -2.23. The highest BCUT2D eigenvalue weighted by Gasteiger charge is 2.23. The van der Waals surface area contributed by atoms with Crippen LogP contribution in [0.15, 0.2) is 36.4 Å². The van der Waals surface area contributed by atoms with Crippen molar-refractivity contribution in [1.29, 1.82) is 0 Å². The molecule has 0 spiro atoms. The number of hydrogen-bond acceptors (Lipinski definition) is 4. The smallest absolute Gasteiger partial charge is 0.327 e. The number of benzene rings is 1. The largest absolute Gasteiger partial charge is 0.358 e. The maximum absolute atomic E-state index is 12.2. The maximum atomic E-state index is 12.2. The number of rotatable bonds is 6. The predicted octanol–water partition coefficient (Wildman–Crippen LogP) is 0.525. The lowest BCUT2D eigenvalue weighted by atomic mass is 10.2. The number of amides is 4. The van der Waals surface area contributed by atoms with E-state index in [0.717, 1.165) is 15.4 Å². The molecule has 7 heteroatoms. The molecule has 1 rings (SSSR count). The Hall–Kier alpha value is -2.96. The third-order valence-corrected chi connectivity index (χ3v) is 2.96. The van der Waals surface area contributed by atoms with Gasteiger partial charge in [0.25, 0.3) is 5.91 Å². The Bertz CT molecular complexity index is 599. The Morgan fingerprint density at radius 2 is 1.83 bits per heavy atom. The van der Waals surface area contributed by atoms with E-state index in [1.165, 1.54) is 20.2 Å². The molecule has 4 amide bonds. The van der Waals surface area contributed by atoms with Crippen LogP contribution in [-0.4, -0.2) is 61.1 Å². The molecule has 7 nitrogen and oxygen atoms in total. The van der Waals surface area contributed by atoms with Crippen molar-refractivity contribution in [1.82, 2.24) is 15.1 Å². The predicted molar refractivity (Wildman–Crippen MR) is 85.3 cm³/mol. The van der Waals surface area contributed by atoms with Gasteiger partial charge < -0.3 is 15.0 Å². The van der Waals surface area contributed by atoms with Crippen LogP contribution in [-0.2, 0) is 14.4 Å². The van der Waals surface area contributed by atoms with Crippen molar-refractivity contribution in [2.75, 3.05) is 27.2 Å². The fraction of sp³-hybridized carbons (Fsp3) is 0.250. The highest BCUT2D eigenvalue weighted by atomic mass is 16.2. The van der Waals surface area contributed by atoms with Crippen molar-refractivity contribution in [2.24, 2.45) is 0 Å². The molecule has 0 radical (unpaired) electrons. The molecular formula is C16H19N3O4. The Morgan fingerprint density at radius 1 is 1.17 bits per heavy atom. The van der Waals surface area contributed by atoms with E-state index in [0.29, 0.717) is 6.29 Å². The number of carbonyl (C=O) groups is 4. The van der Waals surface area contributed by atoms with Gasteiger partial charge in [-0.2, -0.15) is 0 Å². The van der Waals surface area contributed by atoms with E-state index < -0.39 is 11.9 Å². The topological polar surface area (TPSA) is 86.8 Å². The summed E-state index contributed by atoms with van der Waals surface area (Å²) >= 11 is 0. The molecular weight excluding hydrogens is 298 g/mol. The summed E-state index contributed by atoms with van der Waals surface area (Å²) in [5.41, 5.74) is 0.790. The van der Waals surface area contributed by atoms with Crippen LogP contribution in [0, 0.1) is 0 Å². The molecule has 0 bridgehead atoms. The molecule has 0 fully saturated rings. The average Bonchev–Trinajstić information content (AvgIpc) is 2.57. The molecule has 0 aliphatic carbocycles. The van der Waals surface area contributed by atoms with Crippen molar-refractivity contribution < 1.29 is 19.2 Å². The average molecular weight is 317 g/mol. The van der Waals surface area contributed by atoms with Gasteiger partial charge in [-0.05, 0) is 11.6 Å². The number of urea groups is 1. The second-order valence-corrected chi connectivity index (χ2v) is 4.67. The lowest BCUT2D eigenvalue weighted by molar-refractivity contribution is -0.126. The number of hydrogen-bond donors (Lipinski definition) is 1. The first-order valence-corrected chi connectivity index (χ1v) is 6.93. The van der Waals surface area contributed by atoms with Crippen LogP contribution < -0.4 is 5.32 Å². The minimum atomic E-state index is -0.719. The highest BCUT2D eigenvalue weighted by molar-refractivity contribution is 6.04. The van der Waals surface area contributed by atoms with Gasteiger partial charge in [0.05, 0.1) is 6.54 Å². The summed E-state index contributed by atoms with van der Waals surface area (Å²) in [6.45, 7) is -0.588. The van der Waals surface area contributed by atoms with E-state index in [2.05, 4.69) is 5.32 Å². The SMILES string of the molecule is CNC(=O)CN(C)C(=O)N(CC=O)C(=O)/C=C/c1ccccc1. The Kier molecular flexibility index (Phi) is 7.19. The number of nitrogens with zero attached hydrogens (tertiary/aromatic N) is 2. The van der Waals surface area contributed by atoms with Gasteiger partial charge in [-0.25, -0.2) is 4.79 Å². The van der Waals surface area contributed by atoms with E-state index in [9.17, 15) is 19.2 Å². The summed E-state index contributed by atoms with van der Waals surface area (Å²) in [5.74, 6) is -1.01. The van der Waals surface area contributed by atoms with E-state index >= 15 is 0 Å². The molecule has 23 heavy (non-hydrogen) atoms. The first-order chi connectivity index (χ1) is 11.0. The van der Waals surface area contributed by atoms with E-state index in [1.807, 2.05) is 18.2 Å². The van der Waals surface area contributed by atoms with Crippen LogP contribution >= 0.6 is 0 Å². The van der Waals surface area contributed by atoms with Gasteiger partial charge in [0, 0.05) is 20.2 Å². The van der Waals surface area contributed by atoms with Gasteiger partial charge in [-0.1, -0.05) is 30.3 Å². The summed E-state index contributed by atoms with van der Waals surface area (Å²) in [7, 11) is 2.82. The quantitative estimate of drug-likeness (QED) is 0.612. The zero-order valence-electron chi connectivity index (χ0n) is 13.1. The van der Waals surface area contributed by atoms with Gasteiger partial charge in [-0.3, -0.25) is 14.5 Å². The normalized spacial score (nSPS) is 10.2. The van der Waals surface area contributed by atoms with Gasteiger partial charge in [0.2, 0.25) is 5.91 Å². The van der Waals surface area contributed by atoms with Crippen molar-refractivity contribution in [2.45, 2.75) is 0 Å². The molecule has 1 aromatic carbocycles. The van der Waals surface area contributed by atoms with E-state index in [-0.39, 0.29) is 19.0 Å². The van der Waals surface area contributed by atoms with Crippen LogP contribution in [0.3, 0.4) is 0 Å². The molecule has 0 unspecified atom stereocenters. The number of likely N-dealkylation sites (N-methyl/N-ethyl adjacent to an activating group) is 2. The first-order valence-electron chi connectivity index (χ1n) is 6.93. The zero-order valence-corrected chi connectivity index (χ0v) is 13.1. The Morgan fingerprint density at radius 3 is 2.39 bits per heavy atom. The van der Waals surface area contributed by atoms with Gasteiger partial charge >= 0.3 is 6.03 Å². The third-order valence-electron chi connectivity index (χ3n) is 2.96. The fourth-order valence-corrected chi connectivity index (χ4v) is 1.73. The third kappa shape index (κ3) is 5.74. The van der Waals surface area contributed by atoms with Crippen LogP contribution in [0.5, 0.6) is 0 Å². The summed E-state index contributed by atoms with van der Waals surface area (Å²) in [4.78, 5) is 48.2. The molecule has 0 atom stereocenters. The molecule has 1 aromatic rings. The molecule has 0 aliphatic rings. The second-order valence-electron chi connectivity index (χ2n) is 4.67. The summed E-state index contributed by atoms with van der Waals surface area (Å²) in [6, 6.07) is 8.35. The van der Waals surface area contributed by atoms with E-state index in [1.54, 1.807) is 18.2 Å². The fourth-order valence-electron chi connectivity index (χ4n) is 1.73. The van der Waals surface area contributed by atoms with Crippen LogP contribution in [0.25, 0.3) is 6.08 Å². The van der Waals surface area contributed by atoms with Crippen molar-refractivity contribution in [3.05, 3.63) is 42.0 Å². The monoisotopic (exact) mass is 317 g/mol. The van der Waals surface area contributed by atoms with Crippen molar-refractivity contribution in [3.8, 4) is 0 Å². The molecule has 0 aliphatic heterocycles. The van der Waals surface area contributed by atoms with Crippen LogP contribution in [0.2, 0.25) is 0 Å². The maximum Gasteiger partial charge on any atom is 0.327 e. The molecule has 0 saturated carbocycles. The molecule has 0 saturated heterocycles. The van der Waals surface area contributed by atoms with Crippen LogP contribution in [0.1, 0.15) is 5.56 Å². The Labute approximate surface area is 134 Å². The second kappa shape index (κ2) is 9.14.